The summed E-state index contributed by atoms with van der Waals surface area (Å²) < 4.78 is 1.85. The number of hydrogen-bond acceptors (Lipinski definition) is 5. The number of rotatable bonds is 6. The van der Waals surface area contributed by atoms with Crippen LogP contribution in [-0.2, 0) is 17.0 Å². The zero-order chi connectivity index (χ0) is 20.4. The number of nitrogens with one attached hydrogen (secondary N) is 1. The van der Waals surface area contributed by atoms with E-state index in [1.165, 1.54) is 11.1 Å². The maximum atomic E-state index is 12.5. The number of hydrogen-bond donors (Lipinski definition) is 1. The van der Waals surface area contributed by atoms with Crippen molar-refractivity contribution in [3.63, 3.8) is 0 Å². The van der Waals surface area contributed by atoms with E-state index in [9.17, 15) is 4.79 Å². The lowest BCUT2D eigenvalue weighted by atomic mass is 9.92. The Balaban J connectivity index is 1.69. The standard InChI is InChI=1S/C23H24N4OS/c1-4-17-10-12-19(13-11-17)21-20(16(3)28)15(2)24-22-25-23(26-27(21)22)29-14-18-8-6-5-7-9-18/h5-13,21H,4,14H2,1-3H3,(H,24,25,26). The molecule has 1 aliphatic rings. The second-order valence-electron chi connectivity index (χ2n) is 7.15. The van der Waals surface area contributed by atoms with Crippen molar-refractivity contribution in [3.8, 4) is 0 Å². The first-order valence-corrected chi connectivity index (χ1v) is 10.8. The average molecular weight is 405 g/mol. The molecule has 1 unspecified atom stereocenters. The van der Waals surface area contributed by atoms with E-state index in [2.05, 4.69) is 53.6 Å². The fourth-order valence-corrected chi connectivity index (χ4v) is 4.40. The minimum absolute atomic E-state index is 0.0409. The van der Waals surface area contributed by atoms with E-state index in [0.717, 1.165) is 29.0 Å². The number of benzene rings is 2. The van der Waals surface area contributed by atoms with E-state index < -0.39 is 0 Å². The van der Waals surface area contributed by atoms with Gasteiger partial charge in [-0.05, 0) is 37.0 Å². The molecule has 0 saturated carbocycles. The molecule has 0 bridgehead atoms. The third-order valence-electron chi connectivity index (χ3n) is 5.13. The SMILES string of the molecule is CCc1ccc(C2C(C(C)=O)=C(C)Nc3nc(SCc4ccccc4)nn32)cc1. The predicted octanol–water partition coefficient (Wildman–Crippen LogP) is 5.01. The van der Waals surface area contributed by atoms with Gasteiger partial charge in [0.15, 0.2) is 5.78 Å². The Morgan fingerprint density at radius 3 is 2.48 bits per heavy atom. The Morgan fingerprint density at radius 2 is 1.83 bits per heavy atom. The van der Waals surface area contributed by atoms with Crippen molar-refractivity contribution < 1.29 is 4.79 Å². The van der Waals surface area contributed by atoms with Crippen molar-refractivity contribution in [2.24, 2.45) is 0 Å². The number of allylic oxidation sites excluding steroid dienone is 2. The highest BCUT2D eigenvalue weighted by Crippen LogP contribution is 2.36. The molecular formula is C23H24N4OS. The van der Waals surface area contributed by atoms with Gasteiger partial charge in [0.05, 0.1) is 0 Å². The number of anilines is 1. The molecule has 4 rings (SSSR count). The third kappa shape index (κ3) is 3.98. The second-order valence-corrected chi connectivity index (χ2v) is 8.10. The second kappa shape index (κ2) is 8.25. The minimum atomic E-state index is -0.270. The van der Waals surface area contributed by atoms with Gasteiger partial charge in [0.1, 0.15) is 6.04 Å². The number of aromatic nitrogens is 3. The minimum Gasteiger partial charge on any atom is -0.328 e. The summed E-state index contributed by atoms with van der Waals surface area (Å²) in [5, 5.41) is 8.72. The maximum absolute atomic E-state index is 12.5. The Hall–Kier alpha value is -2.86. The van der Waals surface area contributed by atoms with Gasteiger partial charge in [-0.15, -0.1) is 5.10 Å². The normalized spacial score (nSPS) is 15.8. The lowest BCUT2D eigenvalue weighted by Crippen LogP contribution is -2.27. The summed E-state index contributed by atoms with van der Waals surface area (Å²) in [6, 6.07) is 18.4. The van der Waals surface area contributed by atoms with Crippen LogP contribution in [0.5, 0.6) is 0 Å². The Labute approximate surface area is 175 Å². The van der Waals surface area contributed by atoms with Crippen LogP contribution in [0.2, 0.25) is 0 Å². The number of ketones is 1. The molecule has 148 valence electrons. The summed E-state index contributed by atoms with van der Waals surface area (Å²) in [6.45, 7) is 5.68. The first-order valence-electron chi connectivity index (χ1n) is 9.77. The lowest BCUT2D eigenvalue weighted by molar-refractivity contribution is -0.114. The number of thioether (sulfide) groups is 1. The number of carbonyl (C=O) groups is 1. The molecule has 0 fully saturated rings. The summed E-state index contributed by atoms with van der Waals surface area (Å²) in [7, 11) is 0. The Kier molecular flexibility index (Phi) is 5.53. The molecule has 6 heteroatoms. The van der Waals surface area contributed by atoms with Crippen molar-refractivity contribution in [2.45, 2.75) is 44.1 Å². The van der Waals surface area contributed by atoms with Crippen molar-refractivity contribution >= 4 is 23.5 Å². The molecule has 0 spiro atoms. The number of aryl methyl sites for hydroxylation is 1. The third-order valence-corrected chi connectivity index (χ3v) is 6.04. The number of fused-ring (bicyclic) bond motifs is 1. The molecular weight excluding hydrogens is 380 g/mol. The van der Waals surface area contributed by atoms with Gasteiger partial charge >= 0.3 is 0 Å². The van der Waals surface area contributed by atoms with Gasteiger partial charge in [0, 0.05) is 17.0 Å². The molecule has 2 aromatic carbocycles. The van der Waals surface area contributed by atoms with Gasteiger partial charge in [0.25, 0.3) is 0 Å². The Morgan fingerprint density at radius 1 is 1.10 bits per heavy atom. The van der Waals surface area contributed by atoms with E-state index in [1.807, 2.05) is 29.8 Å². The van der Waals surface area contributed by atoms with Crippen molar-refractivity contribution in [1.82, 2.24) is 14.8 Å². The lowest BCUT2D eigenvalue weighted by Gasteiger charge is -2.28. The van der Waals surface area contributed by atoms with Gasteiger partial charge in [-0.25, -0.2) is 4.68 Å². The van der Waals surface area contributed by atoms with Crippen molar-refractivity contribution in [2.75, 3.05) is 5.32 Å². The van der Waals surface area contributed by atoms with Crippen LogP contribution in [0.4, 0.5) is 5.95 Å². The topological polar surface area (TPSA) is 59.8 Å². The quantitative estimate of drug-likeness (QED) is 0.585. The highest BCUT2D eigenvalue weighted by molar-refractivity contribution is 7.98. The molecule has 1 aromatic heterocycles. The van der Waals surface area contributed by atoms with E-state index >= 15 is 0 Å². The number of carbonyl (C=O) groups excluding carboxylic acids is 1. The summed E-state index contributed by atoms with van der Waals surface area (Å²) in [5.74, 6) is 1.51. The molecule has 2 heterocycles. The van der Waals surface area contributed by atoms with Crippen LogP contribution >= 0.6 is 11.8 Å². The van der Waals surface area contributed by atoms with Crippen LogP contribution in [0.25, 0.3) is 0 Å². The van der Waals surface area contributed by atoms with E-state index in [0.29, 0.717) is 11.1 Å². The van der Waals surface area contributed by atoms with E-state index in [-0.39, 0.29) is 11.8 Å². The molecule has 0 saturated heterocycles. The zero-order valence-electron chi connectivity index (χ0n) is 16.8. The first-order chi connectivity index (χ1) is 14.1. The van der Waals surface area contributed by atoms with Crippen molar-refractivity contribution in [1.29, 1.82) is 0 Å². The highest BCUT2D eigenvalue weighted by Gasteiger charge is 2.32. The summed E-state index contributed by atoms with van der Waals surface area (Å²) >= 11 is 1.59. The molecule has 5 nitrogen and oxygen atoms in total. The molecule has 0 radical (unpaired) electrons. The molecule has 29 heavy (non-hydrogen) atoms. The van der Waals surface area contributed by atoms with Gasteiger partial charge in [-0.3, -0.25) is 4.79 Å². The molecule has 1 atom stereocenters. The first kappa shape index (κ1) is 19.5. The van der Waals surface area contributed by atoms with Gasteiger partial charge in [0.2, 0.25) is 11.1 Å². The van der Waals surface area contributed by atoms with Crippen LogP contribution < -0.4 is 5.32 Å². The van der Waals surface area contributed by atoms with Crippen LogP contribution in [0.3, 0.4) is 0 Å². The van der Waals surface area contributed by atoms with Gasteiger partial charge in [-0.2, -0.15) is 4.98 Å². The maximum Gasteiger partial charge on any atom is 0.227 e. The molecule has 3 aromatic rings. The van der Waals surface area contributed by atoms with E-state index in [1.54, 1.807) is 18.7 Å². The van der Waals surface area contributed by atoms with Crippen LogP contribution in [0, 0.1) is 0 Å². The molecule has 1 aliphatic heterocycles. The fourth-order valence-electron chi connectivity index (χ4n) is 3.61. The number of nitrogens with zero attached hydrogens (tertiary/aromatic N) is 3. The largest absolute Gasteiger partial charge is 0.328 e. The van der Waals surface area contributed by atoms with Crippen LogP contribution in [-0.4, -0.2) is 20.5 Å². The van der Waals surface area contributed by atoms with Crippen molar-refractivity contribution in [3.05, 3.63) is 82.6 Å². The summed E-state index contributed by atoms with van der Waals surface area (Å²) in [6.07, 6.45) is 0.982. The average Bonchev–Trinajstić information content (AvgIpc) is 3.14. The van der Waals surface area contributed by atoms with Crippen LogP contribution in [0.15, 0.2) is 71.0 Å². The van der Waals surface area contributed by atoms with E-state index in [4.69, 9.17) is 5.10 Å². The summed E-state index contributed by atoms with van der Waals surface area (Å²) in [4.78, 5) is 17.2. The summed E-state index contributed by atoms with van der Waals surface area (Å²) in [5.41, 5.74) is 5.10. The smallest absolute Gasteiger partial charge is 0.227 e. The number of Topliss-reactive ketones (excluding diaryl/α,β-unsaturated/α-hetero) is 1. The molecule has 0 amide bonds. The van der Waals surface area contributed by atoms with Gasteiger partial charge in [-0.1, -0.05) is 73.3 Å². The monoisotopic (exact) mass is 404 g/mol. The van der Waals surface area contributed by atoms with Crippen LogP contribution in [0.1, 0.15) is 43.5 Å². The van der Waals surface area contributed by atoms with Gasteiger partial charge < -0.3 is 5.32 Å². The predicted molar refractivity (Wildman–Crippen MR) is 117 cm³/mol. The zero-order valence-corrected chi connectivity index (χ0v) is 17.7. The molecule has 0 aliphatic carbocycles. The highest BCUT2D eigenvalue weighted by atomic mass is 32.2. The fraction of sp³-hybridized carbons (Fsp3) is 0.261. The Bertz CT molecular complexity index is 1050. The molecule has 1 N–H and O–H groups in total.